The average molecular weight is 340 g/mol. The van der Waals surface area contributed by atoms with Gasteiger partial charge >= 0.3 is 6.09 Å². The van der Waals surface area contributed by atoms with Crippen molar-refractivity contribution in [1.82, 2.24) is 14.9 Å². The van der Waals surface area contributed by atoms with Gasteiger partial charge in [-0.3, -0.25) is 0 Å². The van der Waals surface area contributed by atoms with Crippen molar-refractivity contribution in [2.45, 2.75) is 37.8 Å². The molecule has 2 fully saturated rings. The molecule has 7 nitrogen and oxygen atoms in total. The predicted octanol–water partition coefficient (Wildman–Crippen LogP) is 1.94. The van der Waals surface area contributed by atoms with Crippen LogP contribution in [0.4, 0.5) is 4.79 Å². The molecular formula is C18H20N4O3. The van der Waals surface area contributed by atoms with Crippen LogP contribution in [0.2, 0.25) is 0 Å². The highest BCUT2D eigenvalue weighted by Crippen LogP contribution is 2.45. The number of imidazole rings is 1. The number of ether oxygens (including phenoxy) is 1. The van der Waals surface area contributed by atoms with Crippen molar-refractivity contribution in [2.75, 3.05) is 13.2 Å². The molecule has 1 amide bonds. The van der Waals surface area contributed by atoms with E-state index in [9.17, 15) is 9.90 Å². The van der Waals surface area contributed by atoms with E-state index in [-0.39, 0.29) is 18.1 Å². The van der Waals surface area contributed by atoms with Crippen LogP contribution in [-0.4, -0.2) is 39.5 Å². The van der Waals surface area contributed by atoms with Gasteiger partial charge < -0.3 is 19.7 Å². The van der Waals surface area contributed by atoms with Gasteiger partial charge in [0.1, 0.15) is 5.60 Å². The number of amides is 1. The second-order valence-corrected chi connectivity index (χ2v) is 7.30. The number of nitriles is 1. The van der Waals surface area contributed by atoms with Crippen LogP contribution in [0.3, 0.4) is 0 Å². The maximum absolute atomic E-state index is 11.5. The zero-order valence-electron chi connectivity index (χ0n) is 13.9. The van der Waals surface area contributed by atoms with E-state index in [2.05, 4.69) is 16.4 Å². The molecule has 130 valence electrons. The molecular weight excluding hydrogens is 320 g/mol. The summed E-state index contributed by atoms with van der Waals surface area (Å²) in [5.41, 5.74) is 1.40. The molecule has 25 heavy (non-hydrogen) atoms. The summed E-state index contributed by atoms with van der Waals surface area (Å²) in [7, 11) is 0. The average Bonchev–Trinajstić information content (AvgIpc) is 3.18. The summed E-state index contributed by atoms with van der Waals surface area (Å²) in [5.74, 6) is 0. The first-order valence-electron chi connectivity index (χ1n) is 8.50. The first-order valence-corrected chi connectivity index (χ1v) is 8.50. The third-order valence-corrected chi connectivity index (χ3v) is 5.49. The van der Waals surface area contributed by atoms with Gasteiger partial charge in [-0.1, -0.05) is 0 Å². The van der Waals surface area contributed by atoms with E-state index >= 15 is 0 Å². The molecule has 1 aliphatic carbocycles. The van der Waals surface area contributed by atoms with Gasteiger partial charge in [0.15, 0.2) is 0 Å². The van der Waals surface area contributed by atoms with Crippen molar-refractivity contribution in [3.05, 3.63) is 30.1 Å². The molecule has 1 aromatic carbocycles. The minimum Gasteiger partial charge on any atom is -0.441 e. The van der Waals surface area contributed by atoms with Gasteiger partial charge in [0, 0.05) is 12.0 Å². The van der Waals surface area contributed by atoms with E-state index in [4.69, 9.17) is 10.00 Å². The van der Waals surface area contributed by atoms with E-state index < -0.39 is 5.60 Å². The van der Waals surface area contributed by atoms with Gasteiger partial charge in [-0.15, -0.1) is 0 Å². The first kappa shape index (κ1) is 15.9. The lowest BCUT2D eigenvalue weighted by Gasteiger charge is -2.44. The number of fused-ring (bicyclic) bond motifs is 1. The molecule has 2 atom stereocenters. The molecule has 1 aromatic heterocycles. The minimum absolute atomic E-state index is 0.0178. The van der Waals surface area contributed by atoms with E-state index in [1.807, 2.05) is 16.7 Å². The lowest BCUT2D eigenvalue weighted by atomic mass is 9.67. The van der Waals surface area contributed by atoms with E-state index in [1.54, 1.807) is 12.4 Å². The number of aliphatic hydroxyl groups excluding tert-OH is 1. The fourth-order valence-electron chi connectivity index (χ4n) is 4.32. The number of aliphatic hydroxyl groups is 1. The summed E-state index contributed by atoms with van der Waals surface area (Å²) in [6.45, 7) is 1.09. The molecule has 2 aliphatic rings. The summed E-state index contributed by atoms with van der Waals surface area (Å²) < 4.78 is 7.56. The molecule has 7 heteroatoms. The number of nitrogens with one attached hydrogen (secondary N) is 1. The molecule has 0 radical (unpaired) electrons. The maximum atomic E-state index is 11.5. The number of hydrogen-bond acceptors (Lipinski definition) is 5. The summed E-state index contributed by atoms with van der Waals surface area (Å²) in [6.07, 6.45) is 4.57. The molecule has 1 saturated heterocycles. The Hall–Kier alpha value is -2.59. The Kier molecular flexibility index (Phi) is 3.65. The third-order valence-electron chi connectivity index (χ3n) is 5.49. The second-order valence-electron chi connectivity index (χ2n) is 7.30. The van der Waals surface area contributed by atoms with Crippen molar-refractivity contribution >= 4 is 17.1 Å². The topological polar surface area (TPSA) is 100 Å². The molecule has 2 N–H and O–H groups in total. The highest BCUT2D eigenvalue weighted by Gasteiger charge is 2.50. The van der Waals surface area contributed by atoms with Gasteiger partial charge in [-0.2, -0.15) is 5.26 Å². The van der Waals surface area contributed by atoms with Crippen molar-refractivity contribution in [2.24, 2.45) is 5.41 Å². The normalized spacial score (nSPS) is 28.7. The van der Waals surface area contributed by atoms with Crippen molar-refractivity contribution in [3.63, 3.8) is 0 Å². The minimum atomic E-state index is -0.522. The number of aromatic nitrogens is 2. The number of rotatable bonds is 3. The van der Waals surface area contributed by atoms with Crippen LogP contribution >= 0.6 is 0 Å². The number of nitrogens with zero attached hydrogens (tertiary/aromatic N) is 3. The summed E-state index contributed by atoms with van der Waals surface area (Å²) >= 11 is 0. The van der Waals surface area contributed by atoms with Gasteiger partial charge in [-0.25, -0.2) is 9.78 Å². The van der Waals surface area contributed by atoms with E-state index in [0.717, 1.165) is 30.3 Å². The fourth-order valence-corrected chi connectivity index (χ4v) is 4.32. The van der Waals surface area contributed by atoms with Gasteiger partial charge in [0.25, 0.3) is 0 Å². The van der Waals surface area contributed by atoms with Crippen LogP contribution in [0.15, 0.2) is 24.5 Å². The lowest BCUT2D eigenvalue weighted by molar-refractivity contribution is -0.0542. The van der Waals surface area contributed by atoms with E-state index in [0.29, 0.717) is 25.1 Å². The molecule has 2 unspecified atom stereocenters. The van der Waals surface area contributed by atoms with Crippen molar-refractivity contribution in [3.8, 4) is 6.07 Å². The van der Waals surface area contributed by atoms with Gasteiger partial charge in [0.05, 0.1) is 42.1 Å². The van der Waals surface area contributed by atoms with Crippen LogP contribution in [0.5, 0.6) is 0 Å². The Labute approximate surface area is 145 Å². The smallest absolute Gasteiger partial charge is 0.407 e. The molecule has 2 aromatic rings. The molecule has 1 saturated carbocycles. The largest absolute Gasteiger partial charge is 0.441 e. The Morgan fingerprint density at radius 2 is 2.32 bits per heavy atom. The van der Waals surface area contributed by atoms with Crippen molar-refractivity contribution in [1.29, 1.82) is 5.26 Å². The van der Waals surface area contributed by atoms with E-state index in [1.165, 1.54) is 0 Å². The molecule has 1 spiro atoms. The monoisotopic (exact) mass is 340 g/mol. The van der Waals surface area contributed by atoms with Crippen LogP contribution in [0.1, 0.15) is 31.2 Å². The van der Waals surface area contributed by atoms with Gasteiger partial charge in [-0.05, 0) is 43.9 Å². The van der Waals surface area contributed by atoms with Gasteiger partial charge in [0.2, 0.25) is 0 Å². The highest BCUT2D eigenvalue weighted by atomic mass is 16.6. The summed E-state index contributed by atoms with van der Waals surface area (Å²) in [5, 5.41) is 22.1. The zero-order chi connectivity index (χ0) is 17.5. The SMILES string of the molecule is N#Cc1ccc2ncn(CC3(CO)CCCC4(CNC(=O)O4)C3)c2c1. The van der Waals surface area contributed by atoms with Crippen LogP contribution in [0.25, 0.3) is 11.0 Å². The number of benzene rings is 1. The Morgan fingerprint density at radius 1 is 1.44 bits per heavy atom. The third kappa shape index (κ3) is 2.72. The quantitative estimate of drug-likeness (QED) is 0.889. The Morgan fingerprint density at radius 3 is 3.04 bits per heavy atom. The molecule has 2 heterocycles. The van der Waals surface area contributed by atoms with Crippen LogP contribution < -0.4 is 5.32 Å². The van der Waals surface area contributed by atoms with Crippen LogP contribution in [0, 0.1) is 16.7 Å². The molecule has 4 rings (SSSR count). The maximum Gasteiger partial charge on any atom is 0.407 e. The molecule has 0 bridgehead atoms. The van der Waals surface area contributed by atoms with Crippen LogP contribution in [-0.2, 0) is 11.3 Å². The Balaban J connectivity index is 1.66. The second kappa shape index (κ2) is 5.74. The number of hydrogen-bond donors (Lipinski definition) is 2. The highest BCUT2D eigenvalue weighted by molar-refractivity contribution is 5.77. The zero-order valence-corrected chi connectivity index (χ0v) is 13.9. The molecule has 1 aliphatic heterocycles. The Bertz CT molecular complexity index is 871. The fraction of sp³-hybridized carbons (Fsp3) is 0.500. The summed E-state index contributed by atoms with van der Waals surface area (Å²) in [4.78, 5) is 15.9. The number of carbonyl (C=O) groups excluding carboxylic acids is 1. The van der Waals surface area contributed by atoms with Crippen molar-refractivity contribution < 1.29 is 14.6 Å². The lowest BCUT2D eigenvalue weighted by Crippen LogP contribution is -2.47. The summed E-state index contributed by atoms with van der Waals surface area (Å²) in [6, 6.07) is 7.56. The number of carbonyl (C=O) groups is 1. The standard InChI is InChI=1S/C18H20N4O3/c19-7-13-2-3-14-15(6-13)22(12-21-14)10-17(11-23)4-1-5-18(8-17)9-20-16(24)25-18/h2-3,6,12,23H,1,4-5,8-11H2,(H,20,24). The first-order chi connectivity index (χ1) is 12.1. The number of alkyl carbamates (subject to hydrolysis) is 1. The predicted molar refractivity (Wildman–Crippen MR) is 89.6 cm³/mol.